The summed E-state index contributed by atoms with van der Waals surface area (Å²) in [5.41, 5.74) is 2.10. The molecule has 1 fully saturated rings. The van der Waals surface area contributed by atoms with Crippen LogP contribution in [0.3, 0.4) is 0 Å². The molecule has 2 aromatic rings. The van der Waals surface area contributed by atoms with Gasteiger partial charge in [-0.15, -0.1) is 0 Å². The van der Waals surface area contributed by atoms with Crippen molar-refractivity contribution in [2.75, 3.05) is 31.1 Å². The molecule has 0 N–H and O–H groups in total. The third-order valence-electron chi connectivity index (χ3n) is 3.72. The van der Waals surface area contributed by atoms with E-state index in [0.717, 1.165) is 37.4 Å². The fourth-order valence-electron chi connectivity index (χ4n) is 2.49. The van der Waals surface area contributed by atoms with Gasteiger partial charge in [-0.25, -0.2) is 0 Å². The van der Waals surface area contributed by atoms with E-state index in [2.05, 4.69) is 14.9 Å². The summed E-state index contributed by atoms with van der Waals surface area (Å²) in [6, 6.07) is 7.79. The van der Waals surface area contributed by atoms with Crippen LogP contribution in [0.2, 0.25) is 0 Å². The first-order chi connectivity index (χ1) is 10.8. The van der Waals surface area contributed by atoms with Crippen LogP contribution in [0.4, 0.5) is 5.69 Å². The van der Waals surface area contributed by atoms with Crippen LogP contribution in [0.25, 0.3) is 6.08 Å². The van der Waals surface area contributed by atoms with Gasteiger partial charge in [0.15, 0.2) is 0 Å². The van der Waals surface area contributed by atoms with E-state index in [1.165, 1.54) is 0 Å². The number of hydrogen-bond acceptors (Lipinski definition) is 4. The van der Waals surface area contributed by atoms with E-state index in [0.29, 0.717) is 0 Å². The topological polar surface area (TPSA) is 49.3 Å². The van der Waals surface area contributed by atoms with Gasteiger partial charge >= 0.3 is 0 Å². The number of aromatic nitrogens is 2. The summed E-state index contributed by atoms with van der Waals surface area (Å²) in [5, 5.41) is 0. The van der Waals surface area contributed by atoms with Gasteiger partial charge in [-0.3, -0.25) is 14.8 Å². The van der Waals surface area contributed by atoms with Crippen molar-refractivity contribution in [3.63, 3.8) is 0 Å². The molecule has 0 spiro atoms. The minimum Gasteiger partial charge on any atom is -0.368 e. The van der Waals surface area contributed by atoms with Crippen molar-refractivity contribution >= 4 is 17.7 Å². The summed E-state index contributed by atoms with van der Waals surface area (Å²) in [6.45, 7) is 3.16. The molecule has 0 atom stereocenters. The standard InChI is InChI=1S/C17H18N4O/c22-17(4-3-15-2-1-7-19-14-15)21-12-10-20(11-13-21)16-5-8-18-9-6-16/h1-9,14H,10-13H2/b4-3+. The van der Waals surface area contributed by atoms with Gasteiger partial charge in [-0.05, 0) is 29.8 Å². The van der Waals surface area contributed by atoms with Crippen LogP contribution >= 0.6 is 0 Å². The SMILES string of the molecule is O=C(/C=C/c1cccnc1)N1CCN(c2ccncc2)CC1. The van der Waals surface area contributed by atoms with Crippen molar-refractivity contribution in [2.45, 2.75) is 0 Å². The van der Waals surface area contributed by atoms with Crippen LogP contribution in [-0.2, 0) is 4.79 Å². The van der Waals surface area contributed by atoms with E-state index in [1.807, 2.05) is 35.2 Å². The highest BCUT2D eigenvalue weighted by Crippen LogP contribution is 2.15. The normalized spacial score (nSPS) is 15.3. The Bertz CT molecular complexity index is 634. The quantitative estimate of drug-likeness (QED) is 0.811. The van der Waals surface area contributed by atoms with E-state index in [4.69, 9.17) is 0 Å². The molecule has 0 unspecified atom stereocenters. The van der Waals surface area contributed by atoms with Gasteiger partial charge in [-0.1, -0.05) is 6.07 Å². The Morgan fingerprint density at radius 3 is 2.45 bits per heavy atom. The highest BCUT2D eigenvalue weighted by Gasteiger charge is 2.19. The van der Waals surface area contributed by atoms with E-state index in [1.54, 1.807) is 30.9 Å². The van der Waals surface area contributed by atoms with Crippen molar-refractivity contribution < 1.29 is 4.79 Å². The maximum absolute atomic E-state index is 12.2. The van der Waals surface area contributed by atoms with Gasteiger partial charge in [0.2, 0.25) is 5.91 Å². The van der Waals surface area contributed by atoms with Crippen molar-refractivity contribution in [1.82, 2.24) is 14.9 Å². The van der Waals surface area contributed by atoms with Crippen molar-refractivity contribution in [2.24, 2.45) is 0 Å². The zero-order valence-corrected chi connectivity index (χ0v) is 12.3. The largest absolute Gasteiger partial charge is 0.368 e. The number of anilines is 1. The number of rotatable bonds is 3. The molecule has 0 radical (unpaired) electrons. The lowest BCUT2D eigenvalue weighted by Gasteiger charge is -2.35. The Kier molecular flexibility index (Phi) is 4.44. The predicted octanol–water partition coefficient (Wildman–Crippen LogP) is 1.84. The summed E-state index contributed by atoms with van der Waals surface area (Å²) < 4.78 is 0. The maximum atomic E-state index is 12.2. The second-order valence-electron chi connectivity index (χ2n) is 5.14. The molecule has 3 heterocycles. The summed E-state index contributed by atoms with van der Waals surface area (Å²) in [5.74, 6) is 0.0539. The van der Waals surface area contributed by atoms with E-state index in [-0.39, 0.29) is 5.91 Å². The average Bonchev–Trinajstić information content (AvgIpc) is 2.61. The number of amides is 1. The zero-order valence-electron chi connectivity index (χ0n) is 12.3. The Morgan fingerprint density at radius 1 is 1.00 bits per heavy atom. The molecule has 3 rings (SSSR count). The molecule has 0 saturated carbocycles. The van der Waals surface area contributed by atoms with Gasteiger partial charge < -0.3 is 9.80 Å². The molecule has 5 nitrogen and oxygen atoms in total. The molecule has 0 aromatic carbocycles. The number of nitrogens with zero attached hydrogens (tertiary/aromatic N) is 4. The molecular weight excluding hydrogens is 276 g/mol. The third-order valence-corrected chi connectivity index (χ3v) is 3.72. The number of hydrogen-bond donors (Lipinski definition) is 0. The second-order valence-corrected chi connectivity index (χ2v) is 5.14. The van der Waals surface area contributed by atoms with Gasteiger partial charge in [-0.2, -0.15) is 0 Å². The van der Waals surface area contributed by atoms with Crippen LogP contribution in [0.1, 0.15) is 5.56 Å². The Labute approximate surface area is 129 Å². The molecule has 5 heteroatoms. The monoisotopic (exact) mass is 294 g/mol. The Morgan fingerprint density at radius 2 is 1.77 bits per heavy atom. The molecule has 0 bridgehead atoms. The summed E-state index contributed by atoms with van der Waals surface area (Å²) in [7, 11) is 0. The highest BCUT2D eigenvalue weighted by atomic mass is 16.2. The summed E-state index contributed by atoms with van der Waals surface area (Å²) >= 11 is 0. The lowest BCUT2D eigenvalue weighted by Crippen LogP contribution is -2.48. The van der Waals surface area contributed by atoms with E-state index >= 15 is 0 Å². The predicted molar refractivity (Wildman–Crippen MR) is 86.3 cm³/mol. The summed E-state index contributed by atoms with van der Waals surface area (Å²) in [6.07, 6.45) is 10.5. The van der Waals surface area contributed by atoms with E-state index in [9.17, 15) is 4.79 Å². The molecular formula is C17H18N4O. The minimum atomic E-state index is 0.0539. The smallest absolute Gasteiger partial charge is 0.246 e. The fraction of sp³-hybridized carbons (Fsp3) is 0.235. The van der Waals surface area contributed by atoms with Crippen LogP contribution < -0.4 is 4.90 Å². The van der Waals surface area contributed by atoms with E-state index < -0.39 is 0 Å². The van der Waals surface area contributed by atoms with Crippen LogP contribution in [-0.4, -0.2) is 47.0 Å². The molecule has 1 aliphatic rings. The minimum absolute atomic E-state index is 0.0539. The first-order valence-corrected chi connectivity index (χ1v) is 7.35. The van der Waals surface area contributed by atoms with Gasteiger partial charge in [0, 0.05) is 62.7 Å². The molecule has 112 valence electrons. The van der Waals surface area contributed by atoms with Gasteiger partial charge in [0.25, 0.3) is 0 Å². The van der Waals surface area contributed by atoms with Gasteiger partial charge in [0.05, 0.1) is 0 Å². The third kappa shape index (κ3) is 3.49. The van der Waals surface area contributed by atoms with Crippen molar-refractivity contribution in [3.05, 3.63) is 60.7 Å². The van der Waals surface area contributed by atoms with Crippen molar-refractivity contribution in [1.29, 1.82) is 0 Å². The second kappa shape index (κ2) is 6.85. The Balaban J connectivity index is 1.55. The molecule has 22 heavy (non-hydrogen) atoms. The average molecular weight is 294 g/mol. The number of pyridine rings is 2. The lowest BCUT2D eigenvalue weighted by atomic mass is 10.2. The molecule has 0 aliphatic carbocycles. The lowest BCUT2D eigenvalue weighted by molar-refractivity contribution is -0.126. The number of piperazine rings is 1. The number of carbonyl (C=O) groups excluding carboxylic acids is 1. The molecule has 2 aromatic heterocycles. The Hall–Kier alpha value is -2.69. The zero-order chi connectivity index (χ0) is 15.2. The summed E-state index contributed by atoms with van der Waals surface area (Å²) in [4.78, 5) is 24.4. The van der Waals surface area contributed by atoms with Crippen LogP contribution in [0.15, 0.2) is 55.1 Å². The highest BCUT2D eigenvalue weighted by molar-refractivity contribution is 5.91. The first kappa shape index (κ1) is 14.3. The fourth-order valence-corrected chi connectivity index (χ4v) is 2.49. The van der Waals surface area contributed by atoms with Crippen LogP contribution in [0, 0.1) is 0 Å². The molecule has 1 saturated heterocycles. The number of carbonyl (C=O) groups is 1. The van der Waals surface area contributed by atoms with Crippen molar-refractivity contribution in [3.8, 4) is 0 Å². The maximum Gasteiger partial charge on any atom is 0.246 e. The molecule has 1 aliphatic heterocycles. The van der Waals surface area contributed by atoms with Gasteiger partial charge in [0.1, 0.15) is 0 Å². The molecule has 1 amide bonds. The first-order valence-electron chi connectivity index (χ1n) is 7.35. The van der Waals surface area contributed by atoms with Crippen LogP contribution in [0.5, 0.6) is 0 Å².